The lowest BCUT2D eigenvalue weighted by Crippen LogP contribution is -2.35. The van der Waals surface area contributed by atoms with Crippen molar-refractivity contribution < 1.29 is 14.3 Å². The molecule has 1 aromatic carbocycles. The second kappa shape index (κ2) is 11.7. The van der Waals surface area contributed by atoms with Crippen molar-refractivity contribution in [1.29, 1.82) is 0 Å². The van der Waals surface area contributed by atoms with Crippen molar-refractivity contribution in [1.82, 2.24) is 9.88 Å². The van der Waals surface area contributed by atoms with Gasteiger partial charge in [-0.05, 0) is 43.9 Å². The van der Waals surface area contributed by atoms with Crippen LogP contribution in [0.5, 0.6) is 0 Å². The lowest BCUT2D eigenvalue weighted by molar-refractivity contribution is 0.0520. The lowest BCUT2D eigenvalue weighted by Gasteiger charge is -2.22. The van der Waals surface area contributed by atoms with E-state index in [-0.39, 0.29) is 6.03 Å². The van der Waals surface area contributed by atoms with Crippen LogP contribution in [0.3, 0.4) is 0 Å². The summed E-state index contributed by atoms with van der Waals surface area (Å²) in [5, 5.41) is 5.35. The fourth-order valence-electron chi connectivity index (χ4n) is 2.53. The van der Waals surface area contributed by atoms with E-state index in [2.05, 4.69) is 17.2 Å². The number of hydrogen-bond acceptors (Lipinski definition) is 6. The van der Waals surface area contributed by atoms with Gasteiger partial charge in [-0.15, -0.1) is 23.1 Å². The van der Waals surface area contributed by atoms with E-state index in [1.54, 1.807) is 29.0 Å². The SMILES string of the molecule is CCCCCN(Cc1nc(C(=O)OCC)cs1)C(=O)Nc1ccc(SC)cc1. The van der Waals surface area contributed by atoms with Crippen LogP contribution >= 0.6 is 23.1 Å². The van der Waals surface area contributed by atoms with Crippen LogP contribution in [-0.2, 0) is 11.3 Å². The molecule has 8 heteroatoms. The Bertz CT molecular complexity index is 762. The molecule has 0 aliphatic carbocycles. The quantitative estimate of drug-likeness (QED) is 0.322. The van der Waals surface area contributed by atoms with Crippen molar-refractivity contribution in [3.63, 3.8) is 0 Å². The molecular weight excluding hydrogens is 394 g/mol. The molecule has 2 aromatic rings. The summed E-state index contributed by atoms with van der Waals surface area (Å²) in [7, 11) is 0. The van der Waals surface area contributed by atoms with Gasteiger partial charge in [0.15, 0.2) is 5.69 Å². The minimum absolute atomic E-state index is 0.166. The first kappa shape index (κ1) is 22.2. The highest BCUT2D eigenvalue weighted by Gasteiger charge is 2.18. The van der Waals surface area contributed by atoms with Crippen LogP contribution in [0.25, 0.3) is 0 Å². The number of carbonyl (C=O) groups is 2. The maximum absolute atomic E-state index is 12.8. The Labute approximate surface area is 174 Å². The number of benzene rings is 1. The fourth-order valence-corrected chi connectivity index (χ4v) is 3.71. The molecule has 0 fully saturated rings. The van der Waals surface area contributed by atoms with E-state index in [4.69, 9.17) is 4.74 Å². The van der Waals surface area contributed by atoms with Gasteiger partial charge in [-0.3, -0.25) is 0 Å². The average molecular weight is 422 g/mol. The number of unbranched alkanes of at least 4 members (excludes halogenated alkanes) is 2. The number of nitrogens with zero attached hydrogens (tertiary/aromatic N) is 2. The van der Waals surface area contributed by atoms with E-state index in [0.29, 0.717) is 30.4 Å². The molecule has 28 heavy (non-hydrogen) atoms. The molecule has 1 N–H and O–H groups in total. The van der Waals surface area contributed by atoms with E-state index < -0.39 is 5.97 Å². The van der Waals surface area contributed by atoms with Gasteiger partial charge in [0, 0.05) is 22.5 Å². The standard InChI is InChI=1S/C20H27N3O3S2/c1-4-6-7-12-23(13-18-22-17(14-28-18)19(24)26-5-2)20(25)21-15-8-10-16(27-3)11-9-15/h8-11,14H,4-7,12-13H2,1-3H3,(H,21,25). The molecule has 2 amide bonds. The number of hydrogen-bond donors (Lipinski definition) is 1. The zero-order valence-corrected chi connectivity index (χ0v) is 18.2. The number of thiazole rings is 1. The van der Waals surface area contributed by atoms with Crippen LogP contribution in [0.4, 0.5) is 10.5 Å². The summed E-state index contributed by atoms with van der Waals surface area (Å²) in [6.07, 6.45) is 5.07. The molecule has 1 heterocycles. The maximum atomic E-state index is 12.8. The predicted octanol–water partition coefficient (Wildman–Crippen LogP) is 5.27. The third-order valence-electron chi connectivity index (χ3n) is 4.02. The molecule has 0 aliphatic heterocycles. The van der Waals surface area contributed by atoms with E-state index in [0.717, 1.165) is 29.8 Å². The van der Waals surface area contributed by atoms with Crippen molar-refractivity contribution in [2.75, 3.05) is 24.7 Å². The summed E-state index contributed by atoms with van der Waals surface area (Å²) in [6, 6.07) is 7.59. The second-order valence-electron chi connectivity index (χ2n) is 6.13. The largest absolute Gasteiger partial charge is 0.461 e. The molecule has 0 spiro atoms. The van der Waals surface area contributed by atoms with Gasteiger partial charge >= 0.3 is 12.0 Å². The maximum Gasteiger partial charge on any atom is 0.357 e. The number of esters is 1. The molecule has 152 valence electrons. The van der Waals surface area contributed by atoms with Crippen LogP contribution in [-0.4, -0.2) is 41.3 Å². The molecule has 1 aromatic heterocycles. The van der Waals surface area contributed by atoms with Gasteiger partial charge in [-0.2, -0.15) is 0 Å². The van der Waals surface area contributed by atoms with Crippen molar-refractivity contribution in [3.05, 3.63) is 40.3 Å². The van der Waals surface area contributed by atoms with Gasteiger partial charge in [0.05, 0.1) is 13.2 Å². The highest BCUT2D eigenvalue weighted by atomic mass is 32.2. The molecule has 0 saturated carbocycles. The van der Waals surface area contributed by atoms with E-state index in [1.807, 2.05) is 30.5 Å². The Balaban J connectivity index is 2.05. The summed E-state index contributed by atoms with van der Waals surface area (Å²) < 4.78 is 4.98. The minimum Gasteiger partial charge on any atom is -0.461 e. The van der Waals surface area contributed by atoms with E-state index >= 15 is 0 Å². The molecule has 0 bridgehead atoms. The monoisotopic (exact) mass is 421 g/mol. The zero-order chi connectivity index (χ0) is 20.4. The molecule has 0 saturated heterocycles. The normalized spacial score (nSPS) is 10.5. The number of thioether (sulfide) groups is 1. The summed E-state index contributed by atoms with van der Waals surface area (Å²) in [5.74, 6) is -0.430. The zero-order valence-electron chi connectivity index (χ0n) is 16.6. The molecule has 6 nitrogen and oxygen atoms in total. The Morgan fingerprint density at radius 2 is 1.96 bits per heavy atom. The minimum atomic E-state index is -0.430. The third kappa shape index (κ3) is 6.83. The molecule has 0 aliphatic rings. The molecule has 0 atom stereocenters. The molecule has 2 rings (SSSR count). The highest BCUT2D eigenvalue weighted by Crippen LogP contribution is 2.19. The number of anilines is 1. The van der Waals surface area contributed by atoms with Crippen LogP contribution in [0.15, 0.2) is 34.5 Å². The van der Waals surface area contributed by atoms with Crippen LogP contribution in [0, 0.1) is 0 Å². The Morgan fingerprint density at radius 1 is 1.21 bits per heavy atom. The van der Waals surface area contributed by atoms with Crippen LogP contribution in [0.2, 0.25) is 0 Å². The smallest absolute Gasteiger partial charge is 0.357 e. The molecule has 0 radical (unpaired) electrons. The van der Waals surface area contributed by atoms with Crippen molar-refractivity contribution in [2.24, 2.45) is 0 Å². The van der Waals surface area contributed by atoms with Gasteiger partial charge in [0.25, 0.3) is 0 Å². The fraction of sp³-hybridized carbons (Fsp3) is 0.450. The first-order valence-corrected chi connectivity index (χ1v) is 11.5. The highest BCUT2D eigenvalue weighted by molar-refractivity contribution is 7.98. The Kier molecular flexibility index (Phi) is 9.30. The van der Waals surface area contributed by atoms with Crippen molar-refractivity contribution in [3.8, 4) is 0 Å². The number of urea groups is 1. The van der Waals surface area contributed by atoms with Crippen molar-refractivity contribution in [2.45, 2.75) is 44.6 Å². The second-order valence-corrected chi connectivity index (χ2v) is 7.96. The van der Waals surface area contributed by atoms with Gasteiger partial charge in [0.1, 0.15) is 5.01 Å². The number of aromatic nitrogens is 1. The van der Waals surface area contributed by atoms with Gasteiger partial charge in [0.2, 0.25) is 0 Å². The summed E-state index contributed by atoms with van der Waals surface area (Å²) >= 11 is 3.02. The average Bonchev–Trinajstić information content (AvgIpc) is 3.17. The summed E-state index contributed by atoms with van der Waals surface area (Å²) in [5.41, 5.74) is 1.05. The van der Waals surface area contributed by atoms with Gasteiger partial charge in [-0.25, -0.2) is 14.6 Å². The molecular formula is C20H27N3O3S2. The first-order chi connectivity index (χ1) is 13.6. The first-order valence-electron chi connectivity index (χ1n) is 9.38. The lowest BCUT2D eigenvalue weighted by atomic mass is 10.2. The van der Waals surface area contributed by atoms with Gasteiger partial charge in [-0.1, -0.05) is 19.8 Å². The summed E-state index contributed by atoms with van der Waals surface area (Å²) in [4.78, 5) is 31.8. The Morgan fingerprint density at radius 3 is 2.61 bits per heavy atom. The topological polar surface area (TPSA) is 71.5 Å². The number of ether oxygens (including phenoxy) is 1. The Hall–Kier alpha value is -2.06. The summed E-state index contributed by atoms with van der Waals surface area (Å²) in [6.45, 7) is 5.20. The van der Waals surface area contributed by atoms with Gasteiger partial charge < -0.3 is 15.0 Å². The predicted molar refractivity (Wildman–Crippen MR) is 115 cm³/mol. The van der Waals surface area contributed by atoms with Crippen molar-refractivity contribution >= 4 is 40.8 Å². The molecule has 0 unspecified atom stereocenters. The van der Waals surface area contributed by atoms with Crippen LogP contribution in [0.1, 0.15) is 48.6 Å². The number of amides is 2. The van der Waals surface area contributed by atoms with Crippen LogP contribution < -0.4 is 5.32 Å². The number of carbonyl (C=O) groups excluding carboxylic acids is 2. The number of nitrogens with one attached hydrogen (secondary N) is 1. The van der Waals surface area contributed by atoms with E-state index in [1.165, 1.54) is 11.3 Å². The van der Waals surface area contributed by atoms with E-state index in [9.17, 15) is 9.59 Å². The number of rotatable bonds is 10. The third-order valence-corrected chi connectivity index (χ3v) is 5.60.